The zero-order valence-electron chi connectivity index (χ0n) is 15.3. The van der Waals surface area contributed by atoms with E-state index in [-0.39, 0.29) is 6.04 Å². The number of nitrogens with one attached hydrogen (secondary N) is 2. The van der Waals surface area contributed by atoms with Crippen LogP contribution >= 0.6 is 15.9 Å². The number of rotatable bonds is 6. The van der Waals surface area contributed by atoms with Crippen LogP contribution in [-0.2, 0) is 16.3 Å². The van der Waals surface area contributed by atoms with Crippen molar-refractivity contribution in [2.75, 3.05) is 11.6 Å². The number of benzene rings is 2. The molecule has 1 aromatic heterocycles. The molecule has 0 spiro atoms. The summed E-state index contributed by atoms with van der Waals surface area (Å²) in [4.78, 5) is 9.15. The quantitative estimate of drug-likeness (QED) is 0.563. The van der Waals surface area contributed by atoms with Gasteiger partial charge in [-0.25, -0.2) is 19.0 Å². The summed E-state index contributed by atoms with van der Waals surface area (Å²) in [6.45, 7) is 4.41. The van der Waals surface area contributed by atoms with Crippen LogP contribution in [0.4, 0.5) is 5.82 Å². The van der Waals surface area contributed by atoms with Gasteiger partial charge in [-0.05, 0) is 53.5 Å². The maximum Gasteiger partial charge on any atom is 0.137 e. The smallest absolute Gasteiger partial charge is 0.137 e. The molecule has 3 rings (SSSR count). The summed E-state index contributed by atoms with van der Waals surface area (Å²) >= 11 is 3.55. The predicted octanol–water partition coefficient (Wildman–Crippen LogP) is 4.83. The largest absolute Gasteiger partial charge is 0.488 e. The van der Waals surface area contributed by atoms with Gasteiger partial charge in [0.2, 0.25) is 0 Å². The van der Waals surface area contributed by atoms with Crippen molar-refractivity contribution in [2.45, 2.75) is 31.4 Å². The highest BCUT2D eigenvalue weighted by atomic mass is 79.9. The number of ether oxygens (including phenoxy) is 1. The molecule has 2 N–H and O–H groups in total. The Morgan fingerprint density at radius 3 is 2.74 bits per heavy atom. The van der Waals surface area contributed by atoms with Crippen molar-refractivity contribution in [1.29, 1.82) is 4.78 Å². The van der Waals surface area contributed by atoms with Gasteiger partial charge in [0.05, 0.1) is 19.7 Å². The Labute approximate surface area is 167 Å². The van der Waals surface area contributed by atoms with Crippen LogP contribution in [0.3, 0.4) is 0 Å². The molecular formula is C19H21BrN4O2S. The normalized spacial score (nSPS) is 13.5. The second kappa shape index (κ2) is 7.82. The SMILES string of the molecule is CC(C)Nc1ncnc2cc(OCc3cccc(S(C)(=N)=O)c3)c(Br)cc12. The second-order valence-corrected chi connectivity index (χ2v) is 9.61. The van der Waals surface area contributed by atoms with Crippen LogP contribution in [0.2, 0.25) is 0 Å². The van der Waals surface area contributed by atoms with Crippen molar-refractivity contribution in [2.24, 2.45) is 0 Å². The Kier molecular flexibility index (Phi) is 5.67. The topological polar surface area (TPSA) is 88.0 Å². The van der Waals surface area contributed by atoms with Gasteiger partial charge in [0.25, 0.3) is 0 Å². The first-order valence-corrected chi connectivity index (χ1v) is 11.2. The number of hydrogen-bond acceptors (Lipinski definition) is 6. The van der Waals surface area contributed by atoms with E-state index >= 15 is 0 Å². The van der Waals surface area contributed by atoms with E-state index in [0.717, 1.165) is 26.8 Å². The number of fused-ring (bicyclic) bond motifs is 1. The third kappa shape index (κ3) is 4.75. The molecule has 1 atom stereocenters. The molecule has 1 unspecified atom stereocenters. The molecule has 0 aliphatic carbocycles. The highest BCUT2D eigenvalue weighted by Gasteiger charge is 2.11. The van der Waals surface area contributed by atoms with Crippen molar-refractivity contribution in [1.82, 2.24) is 9.97 Å². The summed E-state index contributed by atoms with van der Waals surface area (Å²) in [6.07, 6.45) is 2.94. The van der Waals surface area contributed by atoms with Crippen LogP contribution in [-0.4, -0.2) is 26.5 Å². The molecule has 27 heavy (non-hydrogen) atoms. The van der Waals surface area contributed by atoms with Crippen molar-refractivity contribution in [3.63, 3.8) is 0 Å². The Balaban J connectivity index is 1.87. The molecule has 0 amide bonds. The first-order chi connectivity index (χ1) is 12.7. The zero-order chi connectivity index (χ0) is 19.6. The summed E-state index contributed by atoms with van der Waals surface area (Å²) < 4.78 is 26.4. The number of aromatic nitrogens is 2. The molecule has 0 radical (unpaired) electrons. The predicted molar refractivity (Wildman–Crippen MR) is 112 cm³/mol. The number of hydrogen-bond donors (Lipinski definition) is 2. The molecule has 8 heteroatoms. The van der Waals surface area contributed by atoms with Crippen LogP contribution in [0.25, 0.3) is 10.9 Å². The molecule has 0 bridgehead atoms. The standard InChI is InChI=1S/C19H21BrN4O2S/c1-12(2)24-19-15-8-16(20)18(9-17(15)22-11-23-19)26-10-13-5-4-6-14(7-13)27(3,21)25/h4-9,11-12,21H,10H2,1-3H3,(H,22,23,24). The van der Waals surface area contributed by atoms with E-state index in [1.54, 1.807) is 18.2 Å². The minimum atomic E-state index is -2.75. The van der Waals surface area contributed by atoms with Gasteiger partial charge in [-0.1, -0.05) is 12.1 Å². The Morgan fingerprint density at radius 2 is 2.04 bits per heavy atom. The minimum absolute atomic E-state index is 0.260. The molecule has 3 aromatic rings. The highest BCUT2D eigenvalue weighted by molar-refractivity contribution is 9.10. The van der Waals surface area contributed by atoms with E-state index in [9.17, 15) is 4.21 Å². The third-order valence-corrected chi connectivity index (χ3v) is 5.63. The first kappa shape index (κ1) is 19.6. The van der Waals surface area contributed by atoms with E-state index in [4.69, 9.17) is 9.52 Å². The molecule has 0 aliphatic heterocycles. The van der Waals surface area contributed by atoms with E-state index < -0.39 is 9.73 Å². The van der Waals surface area contributed by atoms with Crippen molar-refractivity contribution < 1.29 is 8.95 Å². The average molecular weight is 449 g/mol. The van der Waals surface area contributed by atoms with E-state index in [2.05, 4.69) is 45.1 Å². The van der Waals surface area contributed by atoms with E-state index in [0.29, 0.717) is 17.3 Å². The fraction of sp³-hybridized carbons (Fsp3) is 0.263. The summed E-state index contributed by atoms with van der Waals surface area (Å²) in [6, 6.07) is 11.2. The molecule has 0 fully saturated rings. The number of nitrogens with zero attached hydrogens (tertiary/aromatic N) is 2. The Bertz CT molecular complexity index is 1080. The van der Waals surface area contributed by atoms with E-state index in [1.165, 1.54) is 12.6 Å². The van der Waals surface area contributed by atoms with Crippen LogP contribution in [0.1, 0.15) is 19.4 Å². The summed E-state index contributed by atoms with van der Waals surface area (Å²) in [5.41, 5.74) is 1.63. The maximum atomic E-state index is 11.9. The minimum Gasteiger partial charge on any atom is -0.488 e. The summed E-state index contributed by atoms with van der Waals surface area (Å²) in [5.74, 6) is 1.44. The number of halogens is 1. The zero-order valence-corrected chi connectivity index (χ0v) is 17.7. The summed E-state index contributed by atoms with van der Waals surface area (Å²) in [7, 11) is -2.75. The molecule has 0 saturated heterocycles. The van der Waals surface area contributed by atoms with Gasteiger partial charge < -0.3 is 10.1 Å². The van der Waals surface area contributed by atoms with Crippen molar-refractivity contribution in [3.8, 4) is 5.75 Å². The van der Waals surface area contributed by atoms with Gasteiger partial charge >= 0.3 is 0 Å². The average Bonchev–Trinajstić information content (AvgIpc) is 2.60. The highest BCUT2D eigenvalue weighted by Crippen LogP contribution is 2.33. The van der Waals surface area contributed by atoms with Gasteiger partial charge in [0.1, 0.15) is 24.5 Å². The van der Waals surface area contributed by atoms with Crippen LogP contribution in [0.5, 0.6) is 5.75 Å². The molecule has 0 aliphatic rings. The van der Waals surface area contributed by atoms with Crippen LogP contribution in [0, 0.1) is 4.78 Å². The molecule has 6 nitrogen and oxygen atoms in total. The molecule has 2 aromatic carbocycles. The third-order valence-electron chi connectivity index (χ3n) is 3.86. The Morgan fingerprint density at radius 1 is 1.26 bits per heavy atom. The van der Waals surface area contributed by atoms with Gasteiger partial charge in [-0.15, -0.1) is 0 Å². The lowest BCUT2D eigenvalue weighted by atomic mass is 10.2. The molecule has 0 saturated carbocycles. The van der Waals surface area contributed by atoms with Crippen LogP contribution in [0.15, 0.2) is 52.1 Å². The molecule has 142 valence electrons. The van der Waals surface area contributed by atoms with Gasteiger partial charge in [-0.2, -0.15) is 0 Å². The number of anilines is 1. The Hall–Kier alpha value is -2.19. The summed E-state index contributed by atoms with van der Waals surface area (Å²) in [5, 5.41) is 4.22. The molecule has 1 heterocycles. The fourth-order valence-electron chi connectivity index (χ4n) is 2.60. The van der Waals surface area contributed by atoms with Crippen LogP contribution < -0.4 is 10.1 Å². The second-order valence-electron chi connectivity index (χ2n) is 6.60. The maximum absolute atomic E-state index is 11.9. The van der Waals surface area contributed by atoms with Gasteiger partial charge in [0, 0.05) is 28.6 Å². The lowest BCUT2D eigenvalue weighted by Gasteiger charge is -2.14. The fourth-order valence-corrected chi connectivity index (χ4v) is 3.77. The van der Waals surface area contributed by atoms with Crippen molar-refractivity contribution in [3.05, 3.63) is 52.8 Å². The first-order valence-electron chi connectivity index (χ1n) is 8.40. The molecular weight excluding hydrogens is 428 g/mol. The lowest BCUT2D eigenvalue weighted by molar-refractivity contribution is 0.304. The van der Waals surface area contributed by atoms with Gasteiger partial charge in [-0.3, -0.25) is 0 Å². The monoisotopic (exact) mass is 448 g/mol. The van der Waals surface area contributed by atoms with Gasteiger partial charge in [0.15, 0.2) is 0 Å². The van der Waals surface area contributed by atoms with E-state index in [1.807, 2.05) is 18.2 Å². The van der Waals surface area contributed by atoms with Crippen molar-refractivity contribution >= 4 is 42.4 Å². The lowest BCUT2D eigenvalue weighted by Crippen LogP contribution is -2.11.